The first-order chi connectivity index (χ1) is 12.1. The van der Waals surface area contributed by atoms with E-state index in [4.69, 9.17) is 0 Å². The first-order valence-electron chi connectivity index (χ1n) is 7.98. The molecule has 0 fully saturated rings. The summed E-state index contributed by atoms with van der Waals surface area (Å²) in [6.45, 7) is 4.24. The molecule has 6 heteroatoms. The van der Waals surface area contributed by atoms with Crippen molar-refractivity contribution in [1.29, 1.82) is 0 Å². The van der Waals surface area contributed by atoms with Crippen molar-refractivity contribution in [3.05, 3.63) is 71.4 Å². The van der Waals surface area contributed by atoms with Gasteiger partial charge in [0.2, 0.25) is 5.95 Å². The lowest BCUT2D eigenvalue weighted by Crippen LogP contribution is -2.07. The normalized spacial score (nSPS) is 10.3. The fourth-order valence-electron chi connectivity index (χ4n) is 2.36. The average molecular weight is 333 g/mol. The Labute approximate surface area is 146 Å². The van der Waals surface area contributed by atoms with Crippen LogP contribution in [0.4, 0.5) is 17.5 Å². The number of anilines is 3. The Kier molecular flexibility index (Phi) is 4.99. The largest absolute Gasteiger partial charge is 0.349 e. The molecular formula is C19H19N5O. The summed E-state index contributed by atoms with van der Waals surface area (Å²) in [7, 11) is 0. The molecule has 0 amide bonds. The van der Waals surface area contributed by atoms with Gasteiger partial charge >= 0.3 is 0 Å². The molecule has 126 valence electrons. The number of carbonyl (C=O) groups excluding carboxylic acids is 1. The van der Waals surface area contributed by atoms with Crippen LogP contribution in [0.1, 0.15) is 28.4 Å². The number of aromatic nitrogens is 3. The van der Waals surface area contributed by atoms with E-state index in [9.17, 15) is 4.79 Å². The Balaban J connectivity index is 1.67. The van der Waals surface area contributed by atoms with Crippen LogP contribution in [0.2, 0.25) is 0 Å². The SMILES string of the molecule is CC(=O)c1ccc(Nc2cnnc(NCc3ccccc3C)n2)cc1. The van der Waals surface area contributed by atoms with Crippen molar-refractivity contribution in [1.82, 2.24) is 15.2 Å². The molecular weight excluding hydrogens is 314 g/mol. The molecule has 0 saturated heterocycles. The highest BCUT2D eigenvalue weighted by Gasteiger charge is 2.04. The van der Waals surface area contributed by atoms with E-state index in [0.29, 0.717) is 23.9 Å². The number of Topliss-reactive ketones (excluding diaryl/α,β-unsaturated/α-hetero) is 1. The fourth-order valence-corrected chi connectivity index (χ4v) is 2.36. The van der Waals surface area contributed by atoms with Gasteiger partial charge in [0.25, 0.3) is 0 Å². The van der Waals surface area contributed by atoms with Gasteiger partial charge in [0, 0.05) is 17.8 Å². The van der Waals surface area contributed by atoms with Crippen LogP contribution in [0.5, 0.6) is 0 Å². The lowest BCUT2D eigenvalue weighted by atomic mass is 10.1. The quantitative estimate of drug-likeness (QED) is 0.669. The van der Waals surface area contributed by atoms with Gasteiger partial charge in [0.15, 0.2) is 11.6 Å². The molecule has 0 radical (unpaired) electrons. The Hall–Kier alpha value is -3.28. The van der Waals surface area contributed by atoms with Crippen molar-refractivity contribution in [2.75, 3.05) is 10.6 Å². The molecule has 1 heterocycles. The maximum Gasteiger partial charge on any atom is 0.244 e. The molecule has 0 unspecified atom stereocenters. The zero-order valence-electron chi connectivity index (χ0n) is 14.2. The minimum Gasteiger partial charge on any atom is -0.349 e. The van der Waals surface area contributed by atoms with E-state index in [1.54, 1.807) is 25.3 Å². The van der Waals surface area contributed by atoms with Gasteiger partial charge < -0.3 is 10.6 Å². The van der Waals surface area contributed by atoms with Crippen molar-refractivity contribution in [2.45, 2.75) is 20.4 Å². The fraction of sp³-hybridized carbons (Fsp3) is 0.158. The maximum absolute atomic E-state index is 11.3. The molecule has 2 N–H and O–H groups in total. The van der Waals surface area contributed by atoms with E-state index in [-0.39, 0.29) is 5.78 Å². The van der Waals surface area contributed by atoms with Crippen LogP contribution in [0.25, 0.3) is 0 Å². The van der Waals surface area contributed by atoms with Gasteiger partial charge in [0.1, 0.15) is 0 Å². The third kappa shape index (κ3) is 4.38. The van der Waals surface area contributed by atoms with Gasteiger partial charge in [-0.15, -0.1) is 5.10 Å². The van der Waals surface area contributed by atoms with E-state index in [0.717, 1.165) is 5.69 Å². The predicted molar refractivity (Wildman–Crippen MR) is 98.1 cm³/mol. The lowest BCUT2D eigenvalue weighted by molar-refractivity contribution is 0.101. The Morgan fingerprint density at radius 2 is 1.84 bits per heavy atom. The number of carbonyl (C=O) groups is 1. The first-order valence-corrected chi connectivity index (χ1v) is 7.98. The van der Waals surface area contributed by atoms with Crippen LogP contribution in [0.15, 0.2) is 54.7 Å². The molecule has 0 atom stereocenters. The molecule has 25 heavy (non-hydrogen) atoms. The summed E-state index contributed by atoms with van der Waals surface area (Å²) in [6, 6.07) is 15.4. The number of benzene rings is 2. The Morgan fingerprint density at radius 3 is 2.56 bits per heavy atom. The molecule has 0 spiro atoms. The molecule has 0 saturated carbocycles. The highest BCUT2D eigenvalue weighted by atomic mass is 16.1. The number of hydrogen-bond donors (Lipinski definition) is 2. The van der Waals surface area contributed by atoms with E-state index in [1.165, 1.54) is 11.1 Å². The molecule has 0 aliphatic carbocycles. The van der Waals surface area contributed by atoms with Gasteiger partial charge in [-0.05, 0) is 49.2 Å². The van der Waals surface area contributed by atoms with Gasteiger partial charge in [-0.25, -0.2) is 0 Å². The number of hydrogen-bond acceptors (Lipinski definition) is 6. The van der Waals surface area contributed by atoms with E-state index < -0.39 is 0 Å². The average Bonchev–Trinajstić information content (AvgIpc) is 2.62. The van der Waals surface area contributed by atoms with Crippen molar-refractivity contribution in [3.63, 3.8) is 0 Å². The number of nitrogens with one attached hydrogen (secondary N) is 2. The van der Waals surface area contributed by atoms with Crippen LogP contribution in [-0.2, 0) is 6.54 Å². The molecule has 2 aromatic carbocycles. The van der Waals surface area contributed by atoms with Gasteiger partial charge in [-0.3, -0.25) is 4.79 Å². The summed E-state index contributed by atoms with van der Waals surface area (Å²) in [5, 5.41) is 14.3. The van der Waals surface area contributed by atoms with Crippen molar-refractivity contribution in [3.8, 4) is 0 Å². The lowest BCUT2D eigenvalue weighted by Gasteiger charge is -2.09. The molecule has 1 aromatic heterocycles. The standard InChI is InChI=1S/C19H19N5O/c1-13-5-3-4-6-16(13)11-20-19-23-18(12-21-24-19)22-17-9-7-15(8-10-17)14(2)25/h3-10,12H,11H2,1-2H3,(H2,20,22,23,24). The molecule has 0 aliphatic heterocycles. The zero-order chi connectivity index (χ0) is 17.6. The van der Waals surface area contributed by atoms with Crippen LogP contribution in [0.3, 0.4) is 0 Å². The van der Waals surface area contributed by atoms with E-state index in [1.807, 2.05) is 24.3 Å². The molecule has 0 aliphatic rings. The summed E-state index contributed by atoms with van der Waals surface area (Å²) in [4.78, 5) is 15.7. The minimum absolute atomic E-state index is 0.0398. The molecule has 6 nitrogen and oxygen atoms in total. The molecule has 0 bridgehead atoms. The third-order valence-electron chi connectivity index (χ3n) is 3.82. The van der Waals surface area contributed by atoms with Crippen LogP contribution < -0.4 is 10.6 Å². The summed E-state index contributed by atoms with van der Waals surface area (Å²) < 4.78 is 0. The summed E-state index contributed by atoms with van der Waals surface area (Å²) in [5.74, 6) is 1.07. The number of nitrogens with zero attached hydrogens (tertiary/aromatic N) is 3. The van der Waals surface area contributed by atoms with Crippen LogP contribution >= 0.6 is 0 Å². The van der Waals surface area contributed by atoms with Gasteiger partial charge in [0.05, 0.1) is 6.20 Å². The minimum atomic E-state index is 0.0398. The molecule has 3 rings (SSSR count). The summed E-state index contributed by atoms with van der Waals surface area (Å²) in [6.07, 6.45) is 1.55. The third-order valence-corrected chi connectivity index (χ3v) is 3.82. The summed E-state index contributed by atoms with van der Waals surface area (Å²) >= 11 is 0. The van der Waals surface area contributed by atoms with Crippen molar-refractivity contribution in [2.24, 2.45) is 0 Å². The van der Waals surface area contributed by atoms with E-state index >= 15 is 0 Å². The monoisotopic (exact) mass is 333 g/mol. The smallest absolute Gasteiger partial charge is 0.244 e. The predicted octanol–water partition coefficient (Wildman–Crippen LogP) is 3.74. The first kappa shape index (κ1) is 16.6. The Bertz CT molecular complexity index is 877. The Morgan fingerprint density at radius 1 is 1.08 bits per heavy atom. The second-order valence-corrected chi connectivity index (χ2v) is 5.70. The van der Waals surface area contributed by atoms with Crippen LogP contribution in [0, 0.1) is 6.92 Å². The second kappa shape index (κ2) is 7.53. The second-order valence-electron chi connectivity index (χ2n) is 5.70. The molecule has 3 aromatic rings. The summed E-state index contributed by atoms with van der Waals surface area (Å²) in [5.41, 5.74) is 3.90. The van der Waals surface area contributed by atoms with Crippen molar-refractivity contribution >= 4 is 23.2 Å². The van der Waals surface area contributed by atoms with Crippen LogP contribution in [-0.4, -0.2) is 21.0 Å². The highest BCUT2D eigenvalue weighted by molar-refractivity contribution is 5.94. The van der Waals surface area contributed by atoms with Gasteiger partial charge in [-0.1, -0.05) is 24.3 Å². The topological polar surface area (TPSA) is 79.8 Å². The number of aryl methyl sites for hydroxylation is 1. The number of ketones is 1. The van der Waals surface area contributed by atoms with E-state index in [2.05, 4.69) is 44.9 Å². The maximum atomic E-state index is 11.3. The zero-order valence-corrected chi connectivity index (χ0v) is 14.2. The highest BCUT2D eigenvalue weighted by Crippen LogP contribution is 2.16. The van der Waals surface area contributed by atoms with Gasteiger partial charge in [-0.2, -0.15) is 10.1 Å². The van der Waals surface area contributed by atoms with Crippen molar-refractivity contribution < 1.29 is 4.79 Å². The number of rotatable bonds is 6.